The predicted octanol–water partition coefficient (Wildman–Crippen LogP) is 3.11. The molecule has 0 saturated carbocycles. The fourth-order valence-electron chi connectivity index (χ4n) is 2.58. The summed E-state index contributed by atoms with van der Waals surface area (Å²) < 4.78 is 6.01. The number of aryl methyl sites for hydroxylation is 1. The standard InChI is InChI=1S/C14H26N2OS/c1-4-14(5-2,17-6-3)13(16-15)8-7-12-9-10-18-11-12/h9-11,13,16H,4-8,15H2,1-3H3. The lowest BCUT2D eigenvalue weighted by atomic mass is 9.85. The van der Waals surface area contributed by atoms with Gasteiger partial charge in [0.2, 0.25) is 0 Å². The molecule has 3 N–H and O–H groups in total. The third kappa shape index (κ3) is 3.79. The molecule has 1 unspecified atom stereocenters. The van der Waals surface area contributed by atoms with Crippen LogP contribution in [0.15, 0.2) is 16.8 Å². The van der Waals surface area contributed by atoms with E-state index in [1.807, 2.05) is 6.92 Å². The van der Waals surface area contributed by atoms with Gasteiger partial charge in [-0.15, -0.1) is 0 Å². The molecule has 0 radical (unpaired) electrons. The fourth-order valence-corrected chi connectivity index (χ4v) is 3.28. The van der Waals surface area contributed by atoms with Gasteiger partial charge in [0.1, 0.15) is 0 Å². The minimum absolute atomic E-state index is 0.139. The van der Waals surface area contributed by atoms with Crippen LogP contribution >= 0.6 is 11.3 Å². The van der Waals surface area contributed by atoms with Gasteiger partial charge < -0.3 is 4.74 Å². The van der Waals surface area contributed by atoms with E-state index in [9.17, 15) is 0 Å². The van der Waals surface area contributed by atoms with Crippen molar-refractivity contribution >= 4 is 11.3 Å². The van der Waals surface area contributed by atoms with Crippen molar-refractivity contribution in [2.24, 2.45) is 5.84 Å². The van der Waals surface area contributed by atoms with Crippen LogP contribution in [0.5, 0.6) is 0 Å². The minimum Gasteiger partial charge on any atom is -0.374 e. The Bertz CT molecular complexity index is 310. The van der Waals surface area contributed by atoms with Gasteiger partial charge in [0, 0.05) is 6.61 Å². The molecule has 3 nitrogen and oxygen atoms in total. The monoisotopic (exact) mass is 270 g/mol. The second-order valence-corrected chi connectivity index (χ2v) is 5.37. The van der Waals surface area contributed by atoms with E-state index < -0.39 is 0 Å². The number of nitrogens with two attached hydrogens (primary N) is 1. The molecule has 1 rings (SSSR count). The average molecular weight is 270 g/mol. The molecule has 0 spiro atoms. The maximum absolute atomic E-state index is 6.01. The van der Waals surface area contributed by atoms with E-state index in [1.165, 1.54) is 5.56 Å². The van der Waals surface area contributed by atoms with Gasteiger partial charge in [-0.05, 0) is 55.0 Å². The van der Waals surface area contributed by atoms with E-state index >= 15 is 0 Å². The molecule has 0 aliphatic rings. The predicted molar refractivity (Wildman–Crippen MR) is 78.7 cm³/mol. The molecule has 1 aromatic rings. The first kappa shape index (κ1) is 15.6. The quantitative estimate of drug-likeness (QED) is 0.535. The third-order valence-electron chi connectivity index (χ3n) is 3.77. The van der Waals surface area contributed by atoms with Crippen LogP contribution in [-0.2, 0) is 11.2 Å². The van der Waals surface area contributed by atoms with E-state index in [0.29, 0.717) is 0 Å². The van der Waals surface area contributed by atoms with Crippen molar-refractivity contribution in [3.05, 3.63) is 22.4 Å². The average Bonchev–Trinajstić information content (AvgIpc) is 2.91. The zero-order valence-electron chi connectivity index (χ0n) is 11.7. The molecule has 0 amide bonds. The number of hydrogen-bond acceptors (Lipinski definition) is 4. The van der Waals surface area contributed by atoms with E-state index in [2.05, 4.69) is 36.1 Å². The molecule has 0 aliphatic heterocycles. The summed E-state index contributed by atoms with van der Waals surface area (Å²) in [5, 5.41) is 4.32. The van der Waals surface area contributed by atoms with Crippen LogP contribution < -0.4 is 11.3 Å². The number of ether oxygens (including phenoxy) is 1. The summed E-state index contributed by atoms with van der Waals surface area (Å²) in [7, 11) is 0. The number of rotatable bonds is 9. The Kier molecular flexibility index (Phi) is 6.86. The van der Waals surface area contributed by atoms with Crippen LogP contribution in [-0.4, -0.2) is 18.2 Å². The van der Waals surface area contributed by atoms with E-state index in [1.54, 1.807) is 11.3 Å². The Labute approximate surface area is 115 Å². The van der Waals surface area contributed by atoms with E-state index in [-0.39, 0.29) is 11.6 Å². The summed E-state index contributed by atoms with van der Waals surface area (Å²) in [6, 6.07) is 2.38. The van der Waals surface area contributed by atoms with Gasteiger partial charge in [0.05, 0.1) is 11.6 Å². The highest BCUT2D eigenvalue weighted by molar-refractivity contribution is 7.07. The Morgan fingerprint density at radius 3 is 2.56 bits per heavy atom. The molecule has 0 aromatic carbocycles. The van der Waals surface area contributed by atoms with Crippen LogP contribution in [0.3, 0.4) is 0 Å². The highest BCUT2D eigenvalue weighted by Crippen LogP contribution is 2.27. The lowest BCUT2D eigenvalue weighted by Crippen LogP contribution is -2.54. The van der Waals surface area contributed by atoms with E-state index in [4.69, 9.17) is 10.6 Å². The number of hydrazine groups is 1. The number of nitrogens with one attached hydrogen (secondary N) is 1. The van der Waals surface area contributed by atoms with Crippen LogP contribution in [0.25, 0.3) is 0 Å². The summed E-state index contributed by atoms with van der Waals surface area (Å²) >= 11 is 1.75. The first-order chi connectivity index (χ1) is 8.72. The van der Waals surface area contributed by atoms with Crippen LogP contribution in [0.2, 0.25) is 0 Å². The largest absolute Gasteiger partial charge is 0.374 e. The van der Waals surface area contributed by atoms with Crippen LogP contribution in [0.1, 0.15) is 45.6 Å². The maximum atomic E-state index is 6.01. The number of thiophene rings is 1. The molecule has 18 heavy (non-hydrogen) atoms. The molecule has 1 heterocycles. The summed E-state index contributed by atoms with van der Waals surface area (Å²) in [4.78, 5) is 0. The van der Waals surface area contributed by atoms with Gasteiger partial charge in [0.25, 0.3) is 0 Å². The van der Waals surface area contributed by atoms with Crippen molar-refractivity contribution in [2.45, 2.75) is 58.1 Å². The highest BCUT2D eigenvalue weighted by atomic mass is 32.1. The van der Waals surface area contributed by atoms with Gasteiger partial charge in [-0.25, -0.2) is 0 Å². The third-order valence-corrected chi connectivity index (χ3v) is 4.50. The maximum Gasteiger partial charge on any atom is 0.0842 e. The second-order valence-electron chi connectivity index (χ2n) is 4.59. The first-order valence-electron chi connectivity index (χ1n) is 6.83. The molecule has 0 aliphatic carbocycles. The smallest absolute Gasteiger partial charge is 0.0842 e. The van der Waals surface area contributed by atoms with Crippen molar-refractivity contribution in [3.63, 3.8) is 0 Å². The molecule has 1 aromatic heterocycles. The zero-order chi connectivity index (χ0) is 13.4. The van der Waals surface area contributed by atoms with Gasteiger partial charge >= 0.3 is 0 Å². The van der Waals surface area contributed by atoms with Crippen LogP contribution in [0.4, 0.5) is 0 Å². The van der Waals surface area contributed by atoms with Crippen molar-refractivity contribution in [2.75, 3.05) is 6.61 Å². The van der Waals surface area contributed by atoms with Gasteiger partial charge in [-0.2, -0.15) is 11.3 Å². The number of hydrogen-bond donors (Lipinski definition) is 2. The van der Waals surface area contributed by atoms with Gasteiger partial charge in [0.15, 0.2) is 0 Å². The SMILES string of the molecule is CCOC(CC)(CC)C(CCc1ccsc1)NN. The van der Waals surface area contributed by atoms with Crippen molar-refractivity contribution in [3.8, 4) is 0 Å². The van der Waals surface area contributed by atoms with Crippen molar-refractivity contribution in [1.29, 1.82) is 0 Å². The topological polar surface area (TPSA) is 47.3 Å². The normalized spacial score (nSPS) is 13.8. The van der Waals surface area contributed by atoms with Gasteiger partial charge in [-0.3, -0.25) is 11.3 Å². The summed E-state index contributed by atoms with van der Waals surface area (Å²) in [6.45, 7) is 7.13. The minimum atomic E-state index is -0.139. The van der Waals surface area contributed by atoms with Crippen LogP contribution in [0, 0.1) is 0 Å². The Balaban J connectivity index is 2.66. The Hall–Kier alpha value is -0.420. The molecular formula is C14H26N2OS. The molecule has 4 heteroatoms. The Morgan fingerprint density at radius 2 is 2.11 bits per heavy atom. The molecule has 0 saturated heterocycles. The molecule has 1 atom stereocenters. The lowest BCUT2D eigenvalue weighted by molar-refractivity contribution is -0.0737. The van der Waals surface area contributed by atoms with E-state index in [0.717, 1.165) is 32.3 Å². The Morgan fingerprint density at radius 1 is 1.39 bits per heavy atom. The molecule has 104 valence electrons. The first-order valence-corrected chi connectivity index (χ1v) is 7.77. The fraction of sp³-hybridized carbons (Fsp3) is 0.714. The molecular weight excluding hydrogens is 244 g/mol. The highest BCUT2D eigenvalue weighted by Gasteiger charge is 2.35. The molecule has 0 bridgehead atoms. The van der Waals surface area contributed by atoms with Crippen molar-refractivity contribution in [1.82, 2.24) is 5.43 Å². The van der Waals surface area contributed by atoms with Crippen molar-refractivity contribution < 1.29 is 4.74 Å². The summed E-state index contributed by atoms with van der Waals surface area (Å²) in [5.41, 5.74) is 4.22. The lowest BCUT2D eigenvalue weighted by Gasteiger charge is -2.39. The summed E-state index contributed by atoms with van der Waals surface area (Å²) in [6.07, 6.45) is 4.02. The molecule has 0 fully saturated rings. The zero-order valence-corrected chi connectivity index (χ0v) is 12.6. The summed E-state index contributed by atoms with van der Waals surface area (Å²) in [5.74, 6) is 5.75. The van der Waals surface area contributed by atoms with Gasteiger partial charge in [-0.1, -0.05) is 13.8 Å². The second kappa shape index (κ2) is 7.89.